The van der Waals surface area contributed by atoms with Gasteiger partial charge < -0.3 is 20.0 Å². The largest absolute Gasteiger partial charge is 0.619 e. The zero-order valence-electron chi connectivity index (χ0n) is 15.8. The molecular formula is C22H20N2O5. The van der Waals surface area contributed by atoms with Gasteiger partial charge in [-0.1, -0.05) is 30.3 Å². The first-order chi connectivity index (χ1) is 14.0. The van der Waals surface area contributed by atoms with Crippen LogP contribution in [0.5, 0.6) is 5.75 Å². The maximum absolute atomic E-state index is 12.3. The molecule has 1 atom stereocenters. The molecule has 0 bridgehead atoms. The van der Waals surface area contributed by atoms with Gasteiger partial charge in [0.2, 0.25) is 0 Å². The first-order valence-electron chi connectivity index (χ1n) is 8.99. The minimum atomic E-state index is -1.00. The number of esters is 1. The van der Waals surface area contributed by atoms with Gasteiger partial charge in [-0.05, 0) is 36.8 Å². The van der Waals surface area contributed by atoms with Crippen LogP contribution in [-0.4, -0.2) is 18.0 Å². The topological polar surface area (TPSA) is 91.6 Å². The van der Waals surface area contributed by atoms with E-state index in [1.807, 2.05) is 30.3 Å². The summed E-state index contributed by atoms with van der Waals surface area (Å²) < 4.78 is 11.4. The van der Waals surface area contributed by atoms with Gasteiger partial charge in [0.15, 0.2) is 18.5 Å². The van der Waals surface area contributed by atoms with E-state index in [0.29, 0.717) is 22.8 Å². The zero-order chi connectivity index (χ0) is 20.6. The number of benzene rings is 2. The van der Waals surface area contributed by atoms with Crippen LogP contribution in [0.2, 0.25) is 0 Å². The van der Waals surface area contributed by atoms with Crippen molar-refractivity contribution in [2.24, 2.45) is 0 Å². The number of aromatic nitrogens is 1. The number of anilines is 1. The highest BCUT2D eigenvalue weighted by molar-refractivity contribution is 5.97. The number of rotatable bonds is 7. The van der Waals surface area contributed by atoms with Crippen molar-refractivity contribution in [3.05, 3.63) is 95.5 Å². The summed E-state index contributed by atoms with van der Waals surface area (Å²) in [6.45, 7) is 1.92. The van der Waals surface area contributed by atoms with Gasteiger partial charge in [-0.2, -0.15) is 4.73 Å². The Balaban J connectivity index is 1.50. The first-order valence-corrected chi connectivity index (χ1v) is 8.99. The first kappa shape index (κ1) is 19.9. The van der Waals surface area contributed by atoms with E-state index < -0.39 is 18.0 Å². The summed E-state index contributed by atoms with van der Waals surface area (Å²) in [7, 11) is 0. The Labute approximate surface area is 168 Å². The molecular weight excluding hydrogens is 372 g/mol. The quantitative estimate of drug-likeness (QED) is 0.379. The Kier molecular flexibility index (Phi) is 6.42. The normalized spacial score (nSPS) is 11.3. The fourth-order valence-corrected chi connectivity index (χ4v) is 2.45. The molecule has 0 radical (unpaired) electrons. The van der Waals surface area contributed by atoms with E-state index in [-0.39, 0.29) is 5.56 Å². The third-order valence-corrected chi connectivity index (χ3v) is 4.06. The van der Waals surface area contributed by atoms with Crippen LogP contribution in [0.15, 0.2) is 79.1 Å². The maximum atomic E-state index is 12.3. The van der Waals surface area contributed by atoms with Gasteiger partial charge in [-0.25, -0.2) is 4.79 Å². The van der Waals surface area contributed by atoms with Crippen molar-refractivity contribution in [2.45, 2.75) is 19.6 Å². The molecule has 7 nitrogen and oxygen atoms in total. The SMILES string of the molecule is C[C@@H](OC(=O)c1cc[n+]([O-])cc1)C(=O)Nc1ccc(OCc2ccccc2)cc1. The standard InChI is InChI=1S/C22H20N2O5/c1-16(29-22(26)18-11-13-24(27)14-12-18)21(25)23-19-7-9-20(10-8-19)28-15-17-5-3-2-4-6-17/h2-14,16H,15H2,1H3,(H,23,25)/t16-/m1/s1. The average molecular weight is 392 g/mol. The number of pyridine rings is 1. The minimum absolute atomic E-state index is 0.191. The van der Waals surface area contributed by atoms with E-state index >= 15 is 0 Å². The molecule has 1 aromatic heterocycles. The van der Waals surface area contributed by atoms with Crippen LogP contribution in [0.4, 0.5) is 5.69 Å². The summed E-state index contributed by atoms with van der Waals surface area (Å²) >= 11 is 0. The second kappa shape index (κ2) is 9.36. The Morgan fingerprint density at radius 2 is 1.66 bits per heavy atom. The van der Waals surface area contributed by atoms with Gasteiger partial charge in [0.25, 0.3) is 5.91 Å². The average Bonchev–Trinajstić information content (AvgIpc) is 2.74. The van der Waals surface area contributed by atoms with Gasteiger partial charge in [0, 0.05) is 17.8 Å². The molecule has 1 amide bonds. The van der Waals surface area contributed by atoms with Crippen molar-refractivity contribution in [1.29, 1.82) is 0 Å². The number of nitrogens with zero attached hydrogens (tertiary/aromatic N) is 1. The van der Waals surface area contributed by atoms with Crippen LogP contribution in [-0.2, 0) is 16.1 Å². The van der Waals surface area contributed by atoms with Crippen LogP contribution in [0, 0.1) is 5.21 Å². The minimum Gasteiger partial charge on any atom is -0.619 e. The lowest BCUT2D eigenvalue weighted by Gasteiger charge is -2.14. The molecule has 0 saturated heterocycles. The van der Waals surface area contributed by atoms with Crippen LogP contribution in [0.3, 0.4) is 0 Å². The van der Waals surface area contributed by atoms with Crippen LogP contribution in [0.25, 0.3) is 0 Å². The predicted molar refractivity (Wildman–Crippen MR) is 106 cm³/mol. The van der Waals surface area contributed by atoms with Gasteiger partial charge in [-0.15, -0.1) is 0 Å². The summed E-state index contributed by atoms with van der Waals surface area (Å²) in [5.41, 5.74) is 1.80. The molecule has 1 N–H and O–H groups in total. The van der Waals surface area contributed by atoms with E-state index in [1.165, 1.54) is 31.5 Å². The van der Waals surface area contributed by atoms with E-state index in [4.69, 9.17) is 9.47 Å². The summed E-state index contributed by atoms with van der Waals surface area (Å²) in [5.74, 6) is -0.477. The lowest BCUT2D eigenvalue weighted by molar-refractivity contribution is -0.605. The molecule has 1 heterocycles. The Bertz CT molecular complexity index is 957. The highest BCUT2D eigenvalue weighted by Crippen LogP contribution is 2.17. The number of amides is 1. The van der Waals surface area contributed by atoms with E-state index in [1.54, 1.807) is 24.3 Å². The number of hydrogen-bond acceptors (Lipinski definition) is 5. The highest BCUT2D eigenvalue weighted by atomic mass is 16.5. The van der Waals surface area contributed by atoms with E-state index in [2.05, 4.69) is 5.32 Å². The monoisotopic (exact) mass is 392 g/mol. The molecule has 2 aromatic carbocycles. The molecule has 0 fully saturated rings. The third-order valence-electron chi connectivity index (χ3n) is 4.06. The number of hydrogen-bond donors (Lipinski definition) is 1. The maximum Gasteiger partial charge on any atom is 0.339 e. The Morgan fingerprint density at radius 1 is 1.00 bits per heavy atom. The van der Waals surface area contributed by atoms with Crippen molar-refractivity contribution in [3.63, 3.8) is 0 Å². The third kappa shape index (κ3) is 5.80. The molecule has 0 aliphatic heterocycles. The van der Waals surface area contributed by atoms with Gasteiger partial charge in [-0.3, -0.25) is 4.79 Å². The van der Waals surface area contributed by atoms with Crippen molar-refractivity contribution in [2.75, 3.05) is 5.32 Å². The van der Waals surface area contributed by atoms with Crippen molar-refractivity contribution in [1.82, 2.24) is 0 Å². The van der Waals surface area contributed by atoms with E-state index in [0.717, 1.165) is 5.56 Å². The molecule has 3 aromatic rings. The molecule has 0 saturated carbocycles. The Hall–Kier alpha value is -3.87. The molecule has 0 aliphatic carbocycles. The Morgan fingerprint density at radius 3 is 2.31 bits per heavy atom. The lowest BCUT2D eigenvalue weighted by atomic mass is 10.2. The van der Waals surface area contributed by atoms with Crippen molar-refractivity contribution < 1.29 is 23.8 Å². The second-order valence-corrected chi connectivity index (χ2v) is 6.28. The number of carbonyl (C=O) groups is 2. The van der Waals surface area contributed by atoms with Crippen LogP contribution >= 0.6 is 0 Å². The molecule has 29 heavy (non-hydrogen) atoms. The van der Waals surface area contributed by atoms with Gasteiger partial charge >= 0.3 is 5.97 Å². The summed E-state index contributed by atoms with van der Waals surface area (Å²) in [6, 6.07) is 19.4. The summed E-state index contributed by atoms with van der Waals surface area (Å²) in [4.78, 5) is 24.3. The van der Waals surface area contributed by atoms with Crippen molar-refractivity contribution in [3.8, 4) is 5.75 Å². The fraction of sp³-hybridized carbons (Fsp3) is 0.136. The molecule has 3 rings (SSSR count). The molecule has 0 unspecified atom stereocenters. The number of nitrogens with one attached hydrogen (secondary N) is 1. The van der Waals surface area contributed by atoms with Crippen LogP contribution < -0.4 is 14.8 Å². The van der Waals surface area contributed by atoms with Crippen molar-refractivity contribution >= 4 is 17.6 Å². The van der Waals surface area contributed by atoms with Gasteiger partial charge in [0.05, 0.1) is 5.56 Å². The molecule has 148 valence electrons. The smallest absolute Gasteiger partial charge is 0.339 e. The molecule has 0 aliphatic rings. The number of ether oxygens (including phenoxy) is 2. The lowest BCUT2D eigenvalue weighted by Crippen LogP contribution is -2.30. The molecule has 0 spiro atoms. The van der Waals surface area contributed by atoms with Crippen LogP contribution in [0.1, 0.15) is 22.8 Å². The fourth-order valence-electron chi connectivity index (χ4n) is 2.45. The van der Waals surface area contributed by atoms with E-state index in [9.17, 15) is 14.8 Å². The second-order valence-electron chi connectivity index (χ2n) is 6.28. The summed E-state index contributed by atoms with van der Waals surface area (Å²) in [6.07, 6.45) is 1.36. The summed E-state index contributed by atoms with van der Waals surface area (Å²) in [5, 5.41) is 13.7. The number of carbonyl (C=O) groups excluding carboxylic acids is 2. The zero-order valence-corrected chi connectivity index (χ0v) is 15.8. The predicted octanol–water partition coefficient (Wildman–Crippen LogP) is 3.08. The highest BCUT2D eigenvalue weighted by Gasteiger charge is 2.19. The van der Waals surface area contributed by atoms with Gasteiger partial charge in [0.1, 0.15) is 12.4 Å². The molecule has 7 heteroatoms.